The fourth-order valence-corrected chi connectivity index (χ4v) is 2.64. The van der Waals surface area contributed by atoms with E-state index in [0.717, 1.165) is 22.2 Å². The average molecular weight is 234 g/mol. The minimum atomic E-state index is 0.584. The molecule has 1 aliphatic rings. The Balaban J connectivity index is 2.08. The van der Waals surface area contributed by atoms with E-state index in [-0.39, 0.29) is 0 Å². The zero-order valence-electron chi connectivity index (χ0n) is 9.40. The van der Waals surface area contributed by atoms with Crippen molar-refractivity contribution >= 4 is 16.3 Å². The first kappa shape index (κ1) is 9.84. The van der Waals surface area contributed by atoms with Crippen LogP contribution in [-0.4, -0.2) is 14.8 Å². The zero-order valence-corrected chi connectivity index (χ0v) is 10.2. The van der Waals surface area contributed by atoms with Crippen LogP contribution in [0.5, 0.6) is 0 Å². The van der Waals surface area contributed by atoms with E-state index in [1.807, 2.05) is 11.7 Å². The molecule has 2 N–H and O–H groups in total. The first-order valence-electron chi connectivity index (χ1n) is 5.42. The van der Waals surface area contributed by atoms with Gasteiger partial charge in [-0.05, 0) is 25.8 Å². The van der Waals surface area contributed by atoms with E-state index < -0.39 is 0 Å². The Morgan fingerprint density at radius 2 is 2.25 bits per heavy atom. The molecule has 5 heteroatoms. The van der Waals surface area contributed by atoms with Crippen LogP contribution >= 0.6 is 11.3 Å². The van der Waals surface area contributed by atoms with E-state index in [2.05, 4.69) is 23.1 Å². The zero-order chi connectivity index (χ0) is 11.3. The van der Waals surface area contributed by atoms with E-state index in [0.29, 0.717) is 5.92 Å². The number of aromatic nitrogens is 3. The van der Waals surface area contributed by atoms with Gasteiger partial charge in [0.15, 0.2) is 11.6 Å². The van der Waals surface area contributed by atoms with E-state index >= 15 is 0 Å². The first-order chi connectivity index (χ1) is 7.65. The maximum Gasteiger partial charge on any atom is 0.161 e. The van der Waals surface area contributed by atoms with Crippen molar-refractivity contribution in [2.24, 2.45) is 7.05 Å². The molecular formula is C11H14N4S. The number of hydrogen-bond acceptors (Lipinski definition) is 4. The minimum Gasteiger partial charge on any atom is -0.390 e. The molecule has 1 saturated carbocycles. The molecule has 0 saturated heterocycles. The van der Waals surface area contributed by atoms with Crippen LogP contribution in [0.3, 0.4) is 0 Å². The molecule has 84 valence electrons. The van der Waals surface area contributed by atoms with Crippen molar-refractivity contribution in [2.45, 2.75) is 25.7 Å². The van der Waals surface area contributed by atoms with Gasteiger partial charge in [0, 0.05) is 17.8 Å². The van der Waals surface area contributed by atoms with Gasteiger partial charge in [-0.1, -0.05) is 0 Å². The van der Waals surface area contributed by atoms with Crippen LogP contribution in [-0.2, 0) is 7.05 Å². The van der Waals surface area contributed by atoms with Crippen LogP contribution in [0, 0.1) is 6.92 Å². The molecule has 0 aromatic carbocycles. The molecule has 2 aromatic heterocycles. The van der Waals surface area contributed by atoms with Gasteiger partial charge in [0.2, 0.25) is 0 Å². The van der Waals surface area contributed by atoms with Gasteiger partial charge >= 0.3 is 0 Å². The standard InChI is InChI=1S/C11H14N4S/c1-6-5-8(9(12)16-6)11-13-10(7-3-4-7)14-15(11)2/h5,7H,3-4,12H2,1-2H3. The first-order valence-corrected chi connectivity index (χ1v) is 6.24. The van der Waals surface area contributed by atoms with Crippen molar-refractivity contribution in [2.75, 3.05) is 5.73 Å². The quantitative estimate of drug-likeness (QED) is 0.867. The Hall–Kier alpha value is -1.36. The second-order valence-corrected chi connectivity index (χ2v) is 5.61. The highest BCUT2D eigenvalue weighted by molar-refractivity contribution is 7.16. The lowest BCUT2D eigenvalue weighted by atomic mass is 10.3. The van der Waals surface area contributed by atoms with Gasteiger partial charge in [-0.15, -0.1) is 11.3 Å². The number of anilines is 1. The molecule has 0 aliphatic heterocycles. The molecule has 4 nitrogen and oxygen atoms in total. The lowest BCUT2D eigenvalue weighted by molar-refractivity contribution is 0.750. The molecule has 1 aliphatic carbocycles. The molecule has 0 amide bonds. The van der Waals surface area contributed by atoms with Gasteiger partial charge in [-0.3, -0.25) is 0 Å². The number of hydrogen-bond donors (Lipinski definition) is 1. The number of rotatable bonds is 2. The van der Waals surface area contributed by atoms with Crippen molar-refractivity contribution in [3.8, 4) is 11.4 Å². The lowest BCUT2D eigenvalue weighted by Gasteiger charge is -1.96. The second-order valence-electron chi connectivity index (χ2n) is 4.33. The van der Waals surface area contributed by atoms with Crippen molar-refractivity contribution < 1.29 is 0 Å². The molecule has 2 heterocycles. The summed E-state index contributed by atoms with van der Waals surface area (Å²) >= 11 is 1.60. The third-order valence-electron chi connectivity index (χ3n) is 2.85. The molecule has 0 radical (unpaired) electrons. The van der Waals surface area contributed by atoms with E-state index in [1.165, 1.54) is 17.7 Å². The highest BCUT2D eigenvalue weighted by Crippen LogP contribution is 2.40. The summed E-state index contributed by atoms with van der Waals surface area (Å²) in [5.41, 5.74) is 7.00. The van der Waals surface area contributed by atoms with Crippen LogP contribution in [0.4, 0.5) is 5.00 Å². The topological polar surface area (TPSA) is 56.7 Å². The normalized spacial score (nSPS) is 15.6. The maximum atomic E-state index is 5.98. The van der Waals surface area contributed by atoms with Crippen LogP contribution in [0.25, 0.3) is 11.4 Å². The Kier molecular flexibility index (Phi) is 2.04. The third-order valence-corrected chi connectivity index (χ3v) is 3.73. The van der Waals surface area contributed by atoms with Gasteiger partial charge in [0.05, 0.1) is 10.6 Å². The summed E-state index contributed by atoms with van der Waals surface area (Å²) in [5.74, 6) is 2.45. The van der Waals surface area contributed by atoms with Gasteiger partial charge in [0.1, 0.15) is 0 Å². The molecule has 3 rings (SSSR count). The van der Waals surface area contributed by atoms with Gasteiger partial charge in [-0.25, -0.2) is 9.67 Å². The summed E-state index contributed by atoms with van der Waals surface area (Å²) in [6.45, 7) is 2.06. The molecule has 0 unspecified atom stereocenters. The van der Waals surface area contributed by atoms with Crippen molar-refractivity contribution in [3.63, 3.8) is 0 Å². The second kappa shape index (κ2) is 3.31. The molecule has 16 heavy (non-hydrogen) atoms. The number of nitrogen functional groups attached to an aromatic ring is 1. The number of nitrogens with zero attached hydrogens (tertiary/aromatic N) is 3. The monoisotopic (exact) mass is 234 g/mol. The summed E-state index contributed by atoms with van der Waals surface area (Å²) in [4.78, 5) is 5.81. The summed E-state index contributed by atoms with van der Waals surface area (Å²) < 4.78 is 1.84. The molecule has 0 atom stereocenters. The number of thiophene rings is 1. The molecule has 0 spiro atoms. The third kappa shape index (κ3) is 1.51. The predicted molar refractivity (Wildman–Crippen MR) is 65.4 cm³/mol. The summed E-state index contributed by atoms with van der Waals surface area (Å²) in [6.07, 6.45) is 2.45. The Morgan fingerprint density at radius 3 is 2.81 bits per heavy atom. The molecule has 0 bridgehead atoms. The van der Waals surface area contributed by atoms with Crippen LogP contribution in [0.2, 0.25) is 0 Å². The Labute approximate surface area is 98.1 Å². The van der Waals surface area contributed by atoms with Crippen LogP contribution < -0.4 is 5.73 Å². The molecular weight excluding hydrogens is 220 g/mol. The summed E-state index contributed by atoms with van der Waals surface area (Å²) in [6, 6.07) is 2.08. The summed E-state index contributed by atoms with van der Waals surface area (Å²) in [7, 11) is 1.93. The Bertz CT molecular complexity index is 536. The molecule has 1 fully saturated rings. The largest absolute Gasteiger partial charge is 0.390 e. The lowest BCUT2D eigenvalue weighted by Crippen LogP contribution is -1.95. The van der Waals surface area contributed by atoms with Crippen LogP contribution in [0.1, 0.15) is 29.5 Å². The van der Waals surface area contributed by atoms with Gasteiger partial charge in [0.25, 0.3) is 0 Å². The fourth-order valence-electron chi connectivity index (χ4n) is 1.86. The van der Waals surface area contributed by atoms with Crippen molar-refractivity contribution in [3.05, 3.63) is 16.8 Å². The minimum absolute atomic E-state index is 0.584. The van der Waals surface area contributed by atoms with Crippen LogP contribution in [0.15, 0.2) is 6.07 Å². The number of nitrogens with two attached hydrogens (primary N) is 1. The summed E-state index contributed by atoms with van der Waals surface area (Å²) in [5, 5.41) is 5.28. The SMILES string of the molecule is Cc1cc(-c2nc(C3CC3)nn2C)c(N)s1. The Morgan fingerprint density at radius 1 is 1.50 bits per heavy atom. The number of aryl methyl sites for hydroxylation is 2. The maximum absolute atomic E-state index is 5.98. The fraction of sp³-hybridized carbons (Fsp3) is 0.455. The van der Waals surface area contributed by atoms with Crippen molar-refractivity contribution in [1.82, 2.24) is 14.8 Å². The highest BCUT2D eigenvalue weighted by Gasteiger charge is 2.29. The van der Waals surface area contributed by atoms with E-state index in [1.54, 1.807) is 11.3 Å². The highest BCUT2D eigenvalue weighted by atomic mass is 32.1. The van der Waals surface area contributed by atoms with E-state index in [9.17, 15) is 0 Å². The van der Waals surface area contributed by atoms with Gasteiger partial charge in [-0.2, -0.15) is 5.10 Å². The van der Waals surface area contributed by atoms with Gasteiger partial charge < -0.3 is 5.73 Å². The average Bonchev–Trinajstić information content (AvgIpc) is 2.92. The molecule has 2 aromatic rings. The smallest absolute Gasteiger partial charge is 0.161 e. The van der Waals surface area contributed by atoms with E-state index in [4.69, 9.17) is 5.73 Å². The predicted octanol–water partition coefficient (Wildman–Crippen LogP) is 2.31. The van der Waals surface area contributed by atoms with Crippen molar-refractivity contribution in [1.29, 1.82) is 0 Å².